The van der Waals surface area contributed by atoms with Crippen LogP contribution in [0.25, 0.3) is 0 Å². The van der Waals surface area contributed by atoms with Gasteiger partial charge in [-0.2, -0.15) is 13.2 Å². The minimum atomic E-state index is -4.42. The molecule has 3 nitrogen and oxygen atoms in total. The van der Waals surface area contributed by atoms with Gasteiger partial charge in [0.25, 0.3) is 5.91 Å². The van der Waals surface area contributed by atoms with Crippen molar-refractivity contribution in [1.29, 1.82) is 0 Å². The molecule has 110 valence electrons. The highest BCUT2D eigenvalue weighted by molar-refractivity contribution is 9.10. The van der Waals surface area contributed by atoms with E-state index in [2.05, 4.69) is 21.2 Å². The Hall–Kier alpha value is -2.02. The van der Waals surface area contributed by atoms with Crippen LogP contribution in [0, 0.1) is 0 Å². The van der Waals surface area contributed by atoms with Crippen LogP contribution in [0.4, 0.5) is 24.5 Å². The number of alkyl halides is 3. The van der Waals surface area contributed by atoms with Crippen molar-refractivity contribution >= 4 is 33.2 Å². The average molecular weight is 359 g/mol. The van der Waals surface area contributed by atoms with E-state index in [1.54, 1.807) is 18.2 Å². The van der Waals surface area contributed by atoms with Crippen LogP contribution in [0.2, 0.25) is 0 Å². The molecule has 0 bridgehead atoms. The van der Waals surface area contributed by atoms with E-state index in [1.807, 2.05) is 0 Å². The third-order valence-corrected chi connectivity index (χ3v) is 3.40. The van der Waals surface area contributed by atoms with Crippen LogP contribution < -0.4 is 11.1 Å². The lowest BCUT2D eigenvalue weighted by molar-refractivity contribution is -0.137. The molecule has 0 saturated carbocycles. The molecule has 0 aliphatic carbocycles. The van der Waals surface area contributed by atoms with E-state index in [0.29, 0.717) is 15.8 Å². The molecule has 0 fully saturated rings. The number of anilines is 2. The lowest BCUT2D eigenvalue weighted by Crippen LogP contribution is -2.13. The van der Waals surface area contributed by atoms with E-state index in [-0.39, 0.29) is 5.56 Å². The molecule has 0 aromatic heterocycles. The maximum atomic E-state index is 12.4. The average Bonchev–Trinajstić information content (AvgIpc) is 2.42. The number of nitrogens with one attached hydrogen (secondary N) is 1. The number of carbonyl (C=O) groups is 1. The van der Waals surface area contributed by atoms with Gasteiger partial charge in [0.1, 0.15) is 0 Å². The fraction of sp³-hybridized carbons (Fsp3) is 0.0714. The molecule has 3 N–H and O–H groups in total. The van der Waals surface area contributed by atoms with Crippen LogP contribution in [0.1, 0.15) is 15.9 Å². The van der Waals surface area contributed by atoms with Crippen LogP contribution in [0.5, 0.6) is 0 Å². The van der Waals surface area contributed by atoms with E-state index in [1.165, 1.54) is 0 Å². The highest BCUT2D eigenvalue weighted by Gasteiger charge is 2.30. The number of benzene rings is 2. The summed E-state index contributed by atoms with van der Waals surface area (Å²) in [6, 6.07) is 8.84. The van der Waals surface area contributed by atoms with Gasteiger partial charge in [-0.15, -0.1) is 0 Å². The Morgan fingerprint density at radius 1 is 1.10 bits per heavy atom. The minimum Gasteiger partial charge on any atom is -0.399 e. The molecule has 0 radical (unpaired) electrons. The Morgan fingerprint density at radius 3 is 2.29 bits per heavy atom. The van der Waals surface area contributed by atoms with Crippen LogP contribution in [0.15, 0.2) is 46.9 Å². The predicted molar refractivity (Wildman–Crippen MR) is 78.0 cm³/mol. The molecule has 7 heteroatoms. The van der Waals surface area contributed by atoms with Gasteiger partial charge in [0.15, 0.2) is 0 Å². The molecule has 1 amide bonds. The van der Waals surface area contributed by atoms with Crippen LogP contribution in [0.3, 0.4) is 0 Å². The molecule has 0 unspecified atom stereocenters. The molecule has 2 rings (SSSR count). The summed E-state index contributed by atoms with van der Waals surface area (Å²) in [5.74, 6) is -0.518. The highest BCUT2D eigenvalue weighted by Crippen LogP contribution is 2.29. The third-order valence-electron chi connectivity index (χ3n) is 2.71. The number of rotatable bonds is 2. The molecule has 0 saturated heterocycles. The molecular weight excluding hydrogens is 349 g/mol. The van der Waals surface area contributed by atoms with Gasteiger partial charge in [-0.3, -0.25) is 4.79 Å². The largest absolute Gasteiger partial charge is 0.416 e. The lowest BCUT2D eigenvalue weighted by atomic mass is 10.1. The molecular formula is C14H10BrF3N2O. The van der Waals surface area contributed by atoms with Crippen LogP contribution in [-0.2, 0) is 6.18 Å². The molecule has 0 spiro atoms. The fourth-order valence-electron chi connectivity index (χ4n) is 1.64. The summed E-state index contributed by atoms with van der Waals surface area (Å²) in [5, 5.41) is 2.58. The van der Waals surface area contributed by atoms with Crippen molar-refractivity contribution in [3.8, 4) is 0 Å². The van der Waals surface area contributed by atoms with Crippen LogP contribution >= 0.6 is 15.9 Å². The van der Waals surface area contributed by atoms with Crippen molar-refractivity contribution in [2.75, 3.05) is 11.1 Å². The van der Waals surface area contributed by atoms with Gasteiger partial charge in [-0.25, -0.2) is 0 Å². The van der Waals surface area contributed by atoms with Crippen LogP contribution in [-0.4, -0.2) is 5.91 Å². The van der Waals surface area contributed by atoms with Crippen molar-refractivity contribution in [1.82, 2.24) is 0 Å². The third kappa shape index (κ3) is 3.75. The molecule has 2 aromatic carbocycles. The van der Waals surface area contributed by atoms with Crippen molar-refractivity contribution in [3.05, 3.63) is 58.1 Å². The normalized spacial score (nSPS) is 11.2. The number of hydrogen-bond acceptors (Lipinski definition) is 2. The molecule has 2 aromatic rings. The Kier molecular flexibility index (Phi) is 4.22. The molecule has 0 aliphatic rings. The number of carbonyl (C=O) groups excluding carboxylic acids is 1. The minimum absolute atomic E-state index is 0.123. The van der Waals surface area contributed by atoms with Gasteiger partial charge in [0, 0.05) is 15.7 Å². The van der Waals surface area contributed by atoms with E-state index in [4.69, 9.17) is 5.73 Å². The summed E-state index contributed by atoms with van der Waals surface area (Å²) >= 11 is 3.25. The smallest absolute Gasteiger partial charge is 0.399 e. The number of nitrogens with two attached hydrogens (primary N) is 1. The van der Waals surface area contributed by atoms with Gasteiger partial charge in [0.05, 0.1) is 11.3 Å². The van der Waals surface area contributed by atoms with E-state index in [0.717, 1.165) is 24.3 Å². The SMILES string of the molecule is Nc1ccc(Br)c(NC(=O)c2ccc(C(F)(F)F)cc2)c1. The molecule has 0 atom stereocenters. The molecule has 21 heavy (non-hydrogen) atoms. The first-order valence-electron chi connectivity index (χ1n) is 5.81. The summed E-state index contributed by atoms with van der Waals surface area (Å²) < 4.78 is 38.0. The first-order chi connectivity index (χ1) is 9.77. The summed E-state index contributed by atoms with van der Waals surface area (Å²) in [6.07, 6.45) is -4.42. The summed E-state index contributed by atoms with van der Waals surface area (Å²) in [5.41, 5.74) is 5.84. The maximum Gasteiger partial charge on any atom is 0.416 e. The van der Waals surface area contributed by atoms with E-state index in [9.17, 15) is 18.0 Å². The number of amides is 1. The second-order valence-corrected chi connectivity index (χ2v) is 5.12. The summed E-state index contributed by atoms with van der Waals surface area (Å²) in [6.45, 7) is 0. The zero-order chi connectivity index (χ0) is 15.6. The number of nitrogen functional groups attached to an aromatic ring is 1. The van der Waals surface area contributed by atoms with E-state index < -0.39 is 17.6 Å². The second kappa shape index (κ2) is 5.77. The van der Waals surface area contributed by atoms with Gasteiger partial charge in [-0.05, 0) is 58.4 Å². The first kappa shape index (κ1) is 15.4. The van der Waals surface area contributed by atoms with Crippen molar-refractivity contribution in [2.24, 2.45) is 0 Å². The van der Waals surface area contributed by atoms with Crippen molar-refractivity contribution < 1.29 is 18.0 Å². The monoisotopic (exact) mass is 358 g/mol. The maximum absolute atomic E-state index is 12.4. The topological polar surface area (TPSA) is 55.1 Å². The summed E-state index contributed by atoms with van der Waals surface area (Å²) in [7, 11) is 0. The number of hydrogen-bond donors (Lipinski definition) is 2. The Balaban J connectivity index is 2.19. The van der Waals surface area contributed by atoms with E-state index >= 15 is 0 Å². The molecule has 0 heterocycles. The summed E-state index contributed by atoms with van der Waals surface area (Å²) in [4.78, 5) is 12.0. The van der Waals surface area contributed by atoms with Gasteiger partial charge >= 0.3 is 6.18 Å². The number of halogens is 4. The zero-order valence-electron chi connectivity index (χ0n) is 10.5. The van der Waals surface area contributed by atoms with Crippen molar-refractivity contribution in [3.63, 3.8) is 0 Å². The standard InChI is InChI=1S/C14H10BrF3N2O/c15-11-6-5-10(19)7-12(11)20-13(21)8-1-3-9(4-2-8)14(16,17)18/h1-7H,19H2,(H,20,21). The first-order valence-corrected chi connectivity index (χ1v) is 6.60. The highest BCUT2D eigenvalue weighted by atomic mass is 79.9. The Bertz CT molecular complexity index is 669. The Labute approximate surface area is 127 Å². The van der Waals surface area contributed by atoms with Gasteiger partial charge in [-0.1, -0.05) is 0 Å². The van der Waals surface area contributed by atoms with Crippen molar-refractivity contribution in [2.45, 2.75) is 6.18 Å². The Morgan fingerprint density at radius 2 is 1.71 bits per heavy atom. The second-order valence-electron chi connectivity index (χ2n) is 4.27. The van der Waals surface area contributed by atoms with Gasteiger partial charge < -0.3 is 11.1 Å². The fourth-order valence-corrected chi connectivity index (χ4v) is 1.99. The quantitative estimate of drug-likeness (QED) is 0.786. The van der Waals surface area contributed by atoms with Gasteiger partial charge in [0.2, 0.25) is 0 Å². The predicted octanol–water partition coefficient (Wildman–Crippen LogP) is 4.30. The lowest BCUT2D eigenvalue weighted by Gasteiger charge is -2.10. The zero-order valence-corrected chi connectivity index (χ0v) is 12.1. The molecule has 0 aliphatic heterocycles.